The maximum absolute atomic E-state index is 1.75. The molecule has 0 radical (unpaired) electrons. The largest absolute Gasteiger partial charge is 0.0120 e. The fourth-order valence-corrected chi connectivity index (χ4v) is 981. The predicted molar refractivity (Wildman–Crippen MR) is 225 cm³/mol. The highest BCUT2D eigenvalue weighted by Crippen LogP contribution is 1.63. The second-order valence-electron chi connectivity index (χ2n) is 8.78. The molecule has 0 aliphatic heterocycles. The molecule has 26 heavy (non-hydrogen) atoms. The minimum Gasteiger partial charge on any atom is -0.0120 e. The van der Waals surface area contributed by atoms with E-state index >= 15 is 0 Å². The van der Waals surface area contributed by atoms with Crippen molar-refractivity contribution >= 4 is 225 Å². The van der Waals surface area contributed by atoms with Crippen LogP contribution in [0.25, 0.3) is 0 Å². The van der Waals surface area contributed by atoms with Crippen LogP contribution in [0, 0.1) is 0 Å². The molecule has 0 rings (SSSR count). The highest BCUT2D eigenvalue weighted by molar-refractivity contribution is 7.76. The van der Waals surface area contributed by atoms with Crippen molar-refractivity contribution in [2.24, 2.45) is 0 Å². The minimum absolute atomic E-state index is 0.819. The summed E-state index contributed by atoms with van der Waals surface area (Å²) in [6.45, 7) is 0. The fraction of sp³-hybridized carbons (Fsp3) is 0. The van der Waals surface area contributed by atoms with Gasteiger partial charge in [-0.15, -0.1) is 0 Å². The number of rotatable bonds is 23. The van der Waals surface area contributed by atoms with Crippen LogP contribution in [-0.2, 0) is 0 Å². The molecular formula is H54Si26. The molecule has 0 nitrogen and oxygen atoms in total. The summed E-state index contributed by atoms with van der Waals surface area (Å²) in [6.07, 6.45) is 0. The number of hydrogen-bond acceptors (Lipinski definition) is 0. The van der Waals surface area contributed by atoms with Gasteiger partial charge in [-0.1, -0.05) is 0 Å². The van der Waals surface area contributed by atoms with Crippen molar-refractivity contribution in [2.75, 3.05) is 0 Å². The standard InChI is InChI=1S/H54Si26/c1-3-5-7-9-11-13-15-17-19-21-23-25-26-24-22-20-18-16-14-12-10-8-6-4-2/h3-26H2,1-2H3. The first-order valence-electron chi connectivity index (χ1n) is 12.9. The third kappa shape index (κ3) is 29.6. The van der Waals surface area contributed by atoms with Crippen LogP contribution in [0.3, 0.4) is 0 Å². The molecule has 0 fully saturated rings. The molecule has 0 atom stereocenters. The Hall–Kier alpha value is 5.64. The van der Waals surface area contributed by atoms with Crippen molar-refractivity contribution in [1.29, 1.82) is 0 Å². The quantitative estimate of drug-likeness (QED) is 0.0715. The second kappa shape index (κ2) is 30.6. The van der Waals surface area contributed by atoms with E-state index < -0.39 is 0 Å². The van der Waals surface area contributed by atoms with Crippen LogP contribution in [0.15, 0.2) is 0 Å². The van der Waals surface area contributed by atoms with Gasteiger partial charge < -0.3 is 0 Å². The molecule has 0 heterocycles. The maximum Gasteiger partial charge on any atom is -0.00934 e. The Morgan fingerprint density at radius 2 is 0.308 bits per heavy atom. The zero-order chi connectivity index (χ0) is 19.0. The molecule has 26 heteroatoms. The molecule has 0 spiro atoms. The van der Waals surface area contributed by atoms with Gasteiger partial charge in [-0.2, -0.15) is 0 Å². The lowest BCUT2D eigenvalue weighted by Crippen LogP contribution is -2.37. The van der Waals surface area contributed by atoms with Crippen LogP contribution >= 0.6 is 0 Å². The van der Waals surface area contributed by atoms with Gasteiger partial charge in [-0.25, -0.2) is 0 Å². The molecule has 0 aromatic rings. The van der Waals surface area contributed by atoms with Crippen LogP contribution in [0.1, 0.15) is 0 Å². The van der Waals surface area contributed by atoms with Gasteiger partial charge in [-0.05, 0) is 225 Å². The SMILES string of the molecule is [SiH3][SiH2][SiH2][SiH2][SiH2][SiH2][SiH2][SiH2][SiH2][SiH2][SiH2][SiH2][SiH2][SiH2][SiH2][SiH2][SiH2][SiH2][SiH2][SiH2][SiH2][SiH2][SiH2][SiH2][SiH2][SiH3]. The minimum atomic E-state index is 0.819. The van der Waals surface area contributed by atoms with E-state index in [0.717, 1.165) is 205 Å². The van der Waals surface area contributed by atoms with E-state index in [1.54, 1.807) is 19.5 Å². The van der Waals surface area contributed by atoms with E-state index in [0.29, 0.717) is 0 Å². The summed E-state index contributed by atoms with van der Waals surface area (Å²) >= 11 is 0. The Balaban J connectivity index is 2.95. The van der Waals surface area contributed by atoms with Crippen molar-refractivity contribution < 1.29 is 0 Å². The molecule has 0 amide bonds. The first-order chi connectivity index (χ1) is 12.9. The highest BCUT2D eigenvalue weighted by atomic mass is 30.1. The second-order valence-corrected chi connectivity index (χ2v) is 237. The smallest absolute Gasteiger partial charge is 0.00934 e. The summed E-state index contributed by atoms with van der Waals surface area (Å²) in [5, 5.41) is 0. The summed E-state index contributed by atoms with van der Waals surface area (Å²) in [7, 11) is 25.6. The van der Waals surface area contributed by atoms with Crippen LogP contribution in [0.5, 0.6) is 0 Å². The Morgan fingerprint density at radius 1 is 0.192 bits per heavy atom. The summed E-state index contributed by atoms with van der Waals surface area (Å²) < 4.78 is 0. The van der Waals surface area contributed by atoms with E-state index in [9.17, 15) is 0 Å². The molecule has 0 saturated carbocycles. The molecule has 0 aromatic carbocycles. The molecule has 0 bridgehead atoms. The monoisotopic (exact) mass is 782 g/mol. The molecule has 0 aromatic heterocycles. The summed E-state index contributed by atoms with van der Waals surface area (Å²) in [4.78, 5) is 0. The zero-order valence-electron chi connectivity index (χ0n) is 19.0. The lowest BCUT2D eigenvalue weighted by Gasteiger charge is -1.99. The van der Waals surface area contributed by atoms with Crippen molar-refractivity contribution in [3.63, 3.8) is 0 Å². The average molecular weight is 785 g/mol. The molecule has 158 valence electrons. The van der Waals surface area contributed by atoms with Gasteiger partial charge in [0.1, 0.15) is 0 Å². The normalized spacial score (nSPS) is 22.6. The number of hydrogen-bond donors (Lipinski definition) is 0. The highest BCUT2D eigenvalue weighted by Gasteiger charge is 2.00. The van der Waals surface area contributed by atoms with Gasteiger partial charge in [0.25, 0.3) is 0 Å². The van der Waals surface area contributed by atoms with E-state index in [1.165, 1.54) is 0 Å². The zero-order valence-corrected chi connectivity index (χ0v) is 56.9. The Morgan fingerprint density at radius 3 is 0.423 bits per heavy atom. The molecule has 0 N–H and O–H groups in total. The molecule has 0 aliphatic rings. The first-order valence-corrected chi connectivity index (χ1v) is 116. The third-order valence-electron chi connectivity index (χ3n) is 5.96. The predicted octanol–water partition coefficient (Wildman–Crippen LogP) is -24.4. The van der Waals surface area contributed by atoms with Crippen LogP contribution < -0.4 is 0 Å². The van der Waals surface area contributed by atoms with E-state index in [2.05, 4.69) is 0 Å². The molecule has 0 aliphatic carbocycles. The summed E-state index contributed by atoms with van der Waals surface area (Å²) in [5.74, 6) is 0. The molecule has 0 unspecified atom stereocenters. The first kappa shape index (κ1) is 31.6. The van der Waals surface area contributed by atoms with Crippen LogP contribution in [0.4, 0.5) is 0 Å². The van der Waals surface area contributed by atoms with Gasteiger partial charge in [0.15, 0.2) is 0 Å². The maximum atomic E-state index is 1.75. The molecule has 0 saturated heterocycles. The van der Waals surface area contributed by atoms with Gasteiger partial charge >= 0.3 is 0 Å². The average Bonchev–Trinajstić information content (AvgIpc) is 2.66. The fourth-order valence-electron chi connectivity index (χ4n) is 4.04. The van der Waals surface area contributed by atoms with E-state index in [1.807, 2.05) is 0 Å². The lowest BCUT2D eigenvalue weighted by molar-refractivity contribution is 3.77. The summed E-state index contributed by atoms with van der Waals surface area (Å²) in [6, 6.07) is 0. The van der Waals surface area contributed by atoms with Gasteiger partial charge in [0, 0.05) is 0 Å². The van der Waals surface area contributed by atoms with Gasteiger partial charge in [0.2, 0.25) is 0 Å². The van der Waals surface area contributed by atoms with Gasteiger partial charge in [0.05, 0.1) is 0 Å². The van der Waals surface area contributed by atoms with Gasteiger partial charge in [-0.3, -0.25) is 0 Å². The van der Waals surface area contributed by atoms with Crippen molar-refractivity contribution in [2.45, 2.75) is 0 Å². The van der Waals surface area contributed by atoms with E-state index in [4.69, 9.17) is 0 Å². The van der Waals surface area contributed by atoms with E-state index in [-0.39, 0.29) is 0 Å². The molecular weight excluding hydrogens is 730 g/mol. The van der Waals surface area contributed by atoms with Crippen molar-refractivity contribution in [3.05, 3.63) is 0 Å². The van der Waals surface area contributed by atoms with Crippen LogP contribution in [-0.4, -0.2) is 225 Å². The van der Waals surface area contributed by atoms with Crippen LogP contribution in [0.2, 0.25) is 0 Å². The van der Waals surface area contributed by atoms with Crippen molar-refractivity contribution in [1.82, 2.24) is 0 Å². The van der Waals surface area contributed by atoms with Crippen molar-refractivity contribution in [3.8, 4) is 0 Å². The Kier molecular flexibility index (Phi) is 37.3. The topological polar surface area (TPSA) is 0 Å². The Bertz CT molecular complexity index is 196. The summed E-state index contributed by atoms with van der Waals surface area (Å²) in [5.41, 5.74) is 0. The third-order valence-corrected chi connectivity index (χ3v) is 483. The Labute approximate surface area is 221 Å². The lowest BCUT2D eigenvalue weighted by atomic mass is 26.1.